The van der Waals surface area contributed by atoms with Gasteiger partial charge in [0.05, 0.1) is 19.3 Å². The van der Waals surface area contributed by atoms with Gasteiger partial charge < -0.3 is 18.9 Å². The normalized spacial score (nSPS) is 27.7. The summed E-state index contributed by atoms with van der Waals surface area (Å²) < 4.78 is 13.1. The van der Waals surface area contributed by atoms with Gasteiger partial charge >= 0.3 is 0 Å². The predicted molar refractivity (Wildman–Crippen MR) is 69.7 cm³/mol. The van der Waals surface area contributed by atoms with Crippen molar-refractivity contribution in [3.05, 3.63) is 24.0 Å². The Labute approximate surface area is 113 Å². The van der Waals surface area contributed by atoms with Crippen LogP contribution in [0.25, 0.3) is 0 Å². The van der Waals surface area contributed by atoms with Crippen LogP contribution in [0.2, 0.25) is 0 Å². The first kappa shape index (κ1) is 12.7. The molecule has 0 unspecified atom stereocenters. The number of morpholine rings is 1. The molecule has 1 aromatic rings. The number of carbonyl (C=O) groups is 1. The average Bonchev–Trinajstić information content (AvgIpc) is 3.09. The Kier molecular flexibility index (Phi) is 3.57. The van der Waals surface area contributed by atoms with Crippen LogP contribution in [0.3, 0.4) is 0 Å². The molecule has 1 amide bonds. The third kappa shape index (κ3) is 2.40. The predicted octanol–water partition coefficient (Wildman–Crippen LogP) is 1.10. The van der Waals surface area contributed by atoms with Gasteiger partial charge in [0.2, 0.25) is 0 Å². The van der Waals surface area contributed by atoms with E-state index in [0.717, 1.165) is 18.5 Å². The van der Waals surface area contributed by atoms with Gasteiger partial charge in [-0.1, -0.05) is 0 Å². The Hall–Kier alpha value is -1.33. The van der Waals surface area contributed by atoms with Crippen molar-refractivity contribution in [3.8, 4) is 0 Å². The molecule has 19 heavy (non-hydrogen) atoms. The van der Waals surface area contributed by atoms with Gasteiger partial charge in [-0.25, -0.2) is 0 Å². The van der Waals surface area contributed by atoms with Gasteiger partial charge in [-0.15, -0.1) is 0 Å². The summed E-state index contributed by atoms with van der Waals surface area (Å²) in [6.45, 7) is 2.53. The lowest BCUT2D eigenvalue weighted by Gasteiger charge is -2.37. The van der Waals surface area contributed by atoms with Crippen molar-refractivity contribution >= 4 is 5.91 Å². The highest BCUT2D eigenvalue weighted by atomic mass is 16.5. The first-order chi connectivity index (χ1) is 9.27. The maximum absolute atomic E-state index is 12.6. The number of nitrogens with zero attached hydrogens (tertiary/aromatic N) is 2. The van der Waals surface area contributed by atoms with Crippen molar-refractivity contribution in [2.45, 2.75) is 25.0 Å². The fraction of sp³-hybridized carbons (Fsp3) is 0.643. The zero-order valence-electron chi connectivity index (χ0n) is 11.2. The van der Waals surface area contributed by atoms with Crippen molar-refractivity contribution in [1.29, 1.82) is 0 Å². The second-order valence-electron chi connectivity index (χ2n) is 5.17. The lowest BCUT2D eigenvalue weighted by molar-refractivity contribution is -0.150. The summed E-state index contributed by atoms with van der Waals surface area (Å²) in [5, 5.41) is 0. The fourth-order valence-electron chi connectivity index (χ4n) is 2.89. The van der Waals surface area contributed by atoms with Gasteiger partial charge in [-0.3, -0.25) is 4.79 Å². The lowest BCUT2D eigenvalue weighted by atomic mass is 10.1. The molecular formula is C14H20N2O3. The standard InChI is InChI=1S/C14H20N2O3/c1-15-6-2-4-11(15)12-10-18-9-7-16(12)14(17)13-5-3-8-19-13/h2,4,6,12-13H,3,5,7-10H2,1H3/t12-,13+/m0/s1. The smallest absolute Gasteiger partial charge is 0.252 e. The maximum atomic E-state index is 12.6. The third-order valence-electron chi connectivity index (χ3n) is 3.94. The first-order valence-electron chi connectivity index (χ1n) is 6.88. The number of aromatic nitrogens is 1. The van der Waals surface area contributed by atoms with Crippen LogP contribution >= 0.6 is 0 Å². The Morgan fingerprint density at radius 3 is 3.00 bits per heavy atom. The molecule has 2 atom stereocenters. The molecular weight excluding hydrogens is 244 g/mol. The van der Waals surface area contributed by atoms with Crippen LogP contribution in [0, 0.1) is 0 Å². The van der Waals surface area contributed by atoms with Crippen molar-refractivity contribution in [2.24, 2.45) is 7.05 Å². The number of carbonyl (C=O) groups excluding carboxylic acids is 1. The second kappa shape index (κ2) is 5.35. The summed E-state index contributed by atoms with van der Waals surface area (Å²) >= 11 is 0. The molecule has 104 valence electrons. The fourth-order valence-corrected chi connectivity index (χ4v) is 2.89. The van der Waals surface area contributed by atoms with Crippen LogP contribution in [0.15, 0.2) is 18.3 Å². The van der Waals surface area contributed by atoms with E-state index < -0.39 is 0 Å². The molecule has 0 radical (unpaired) electrons. The van der Waals surface area contributed by atoms with E-state index in [0.29, 0.717) is 26.4 Å². The summed E-state index contributed by atoms with van der Waals surface area (Å²) in [7, 11) is 2.00. The lowest BCUT2D eigenvalue weighted by Crippen LogP contribution is -2.48. The molecule has 1 aromatic heterocycles. The molecule has 0 spiro atoms. The Bertz CT molecular complexity index is 451. The van der Waals surface area contributed by atoms with Crippen molar-refractivity contribution in [2.75, 3.05) is 26.4 Å². The molecule has 0 aliphatic carbocycles. The summed E-state index contributed by atoms with van der Waals surface area (Å²) in [5.41, 5.74) is 1.12. The molecule has 0 aromatic carbocycles. The second-order valence-corrected chi connectivity index (χ2v) is 5.17. The van der Waals surface area contributed by atoms with Crippen molar-refractivity contribution in [1.82, 2.24) is 9.47 Å². The van der Waals surface area contributed by atoms with E-state index in [1.165, 1.54) is 0 Å². The van der Waals surface area contributed by atoms with Gasteiger partial charge in [-0.05, 0) is 25.0 Å². The van der Waals surface area contributed by atoms with Crippen molar-refractivity contribution < 1.29 is 14.3 Å². The Morgan fingerprint density at radius 2 is 2.32 bits per heavy atom. The van der Waals surface area contributed by atoms with E-state index in [-0.39, 0.29) is 18.1 Å². The molecule has 0 bridgehead atoms. The SMILES string of the molecule is Cn1cccc1[C@@H]1COCCN1C(=O)[C@H]1CCCO1. The quantitative estimate of drug-likeness (QED) is 0.803. The van der Waals surface area contributed by atoms with E-state index >= 15 is 0 Å². The average molecular weight is 264 g/mol. The number of hydrogen-bond acceptors (Lipinski definition) is 3. The number of ether oxygens (including phenoxy) is 2. The summed E-state index contributed by atoms with van der Waals surface area (Å²) in [4.78, 5) is 14.5. The van der Waals surface area contributed by atoms with Gasteiger partial charge in [0, 0.05) is 32.1 Å². The van der Waals surface area contributed by atoms with Gasteiger partial charge in [0.25, 0.3) is 5.91 Å². The van der Waals surface area contributed by atoms with E-state index in [2.05, 4.69) is 10.6 Å². The first-order valence-corrected chi connectivity index (χ1v) is 6.88. The number of amides is 1. The summed E-state index contributed by atoms with van der Waals surface area (Å²) in [6, 6.07) is 4.05. The van der Waals surface area contributed by atoms with Crippen LogP contribution in [-0.2, 0) is 21.3 Å². The number of hydrogen-bond donors (Lipinski definition) is 0. The Morgan fingerprint density at radius 1 is 1.42 bits per heavy atom. The van der Waals surface area contributed by atoms with Gasteiger partial charge in [-0.2, -0.15) is 0 Å². The summed E-state index contributed by atoms with van der Waals surface area (Å²) in [6.07, 6.45) is 3.57. The zero-order chi connectivity index (χ0) is 13.2. The van der Waals surface area contributed by atoms with Gasteiger partial charge in [0.1, 0.15) is 6.10 Å². The third-order valence-corrected chi connectivity index (χ3v) is 3.94. The molecule has 2 fully saturated rings. The van der Waals surface area contributed by atoms with Crippen molar-refractivity contribution in [3.63, 3.8) is 0 Å². The van der Waals surface area contributed by atoms with Crippen LogP contribution in [0.1, 0.15) is 24.6 Å². The molecule has 5 nitrogen and oxygen atoms in total. The van der Waals surface area contributed by atoms with E-state index in [1.807, 2.05) is 24.2 Å². The summed E-state index contributed by atoms with van der Waals surface area (Å²) in [5.74, 6) is 0.118. The zero-order valence-corrected chi connectivity index (χ0v) is 11.2. The highest BCUT2D eigenvalue weighted by molar-refractivity contribution is 5.81. The minimum Gasteiger partial charge on any atom is -0.377 e. The van der Waals surface area contributed by atoms with Crippen LogP contribution in [0.5, 0.6) is 0 Å². The molecule has 2 aliphatic rings. The molecule has 2 saturated heterocycles. The maximum Gasteiger partial charge on any atom is 0.252 e. The molecule has 0 N–H and O–H groups in total. The highest BCUT2D eigenvalue weighted by Gasteiger charge is 2.35. The van der Waals surface area contributed by atoms with Gasteiger partial charge in [0.15, 0.2) is 0 Å². The number of rotatable bonds is 2. The topological polar surface area (TPSA) is 43.7 Å². The van der Waals surface area contributed by atoms with E-state index in [1.54, 1.807) is 0 Å². The molecule has 3 heterocycles. The van der Waals surface area contributed by atoms with Crippen LogP contribution < -0.4 is 0 Å². The molecule has 3 rings (SSSR count). The van der Waals surface area contributed by atoms with Crippen LogP contribution in [-0.4, -0.2) is 47.8 Å². The molecule has 5 heteroatoms. The number of aryl methyl sites for hydroxylation is 1. The monoisotopic (exact) mass is 264 g/mol. The molecule has 0 saturated carbocycles. The Balaban J connectivity index is 1.81. The highest BCUT2D eigenvalue weighted by Crippen LogP contribution is 2.27. The molecule has 2 aliphatic heterocycles. The minimum absolute atomic E-state index is 0.00505. The van der Waals surface area contributed by atoms with E-state index in [9.17, 15) is 4.79 Å². The van der Waals surface area contributed by atoms with E-state index in [4.69, 9.17) is 9.47 Å². The van der Waals surface area contributed by atoms with Crippen LogP contribution in [0.4, 0.5) is 0 Å². The minimum atomic E-state index is -0.249. The largest absolute Gasteiger partial charge is 0.377 e.